The topological polar surface area (TPSA) is 88.5 Å². The molecule has 2 aromatic heterocycles. The number of nitrogens with zero attached hydrogens (tertiary/aromatic N) is 5. The van der Waals surface area contributed by atoms with Crippen LogP contribution in [0.2, 0.25) is 0 Å². The van der Waals surface area contributed by atoms with Crippen LogP contribution in [0.25, 0.3) is 10.9 Å². The van der Waals surface area contributed by atoms with Crippen LogP contribution in [0.1, 0.15) is 47.8 Å². The monoisotopic (exact) mass is 459 g/mol. The molecule has 0 saturated carbocycles. The van der Waals surface area contributed by atoms with Crippen molar-refractivity contribution in [2.45, 2.75) is 45.1 Å². The average molecular weight is 460 g/mol. The molecule has 0 radical (unpaired) electrons. The maximum absolute atomic E-state index is 13.4. The van der Waals surface area contributed by atoms with E-state index < -0.39 is 12.1 Å². The molecular formula is C26H29N5O3. The quantitative estimate of drug-likeness (QED) is 0.437. The Hall–Kier alpha value is -3.55. The Morgan fingerprint density at radius 2 is 1.68 bits per heavy atom. The van der Waals surface area contributed by atoms with Crippen molar-refractivity contribution in [1.29, 1.82) is 0 Å². The Morgan fingerprint density at radius 1 is 0.941 bits per heavy atom. The zero-order valence-electron chi connectivity index (χ0n) is 19.4. The number of piperazine rings is 1. The van der Waals surface area contributed by atoms with Gasteiger partial charge in [-0.25, -0.2) is 14.8 Å². The SMILES string of the molecule is CC(OC(=O)c1c2c(nc3ccccc13)CCCCC2)C(=O)N1CCN(c2ncccn2)CC1. The first kappa shape index (κ1) is 22.3. The van der Waals surface area contributed by atoms with E-state index in [1.165, 1.54) is 0 Å². The standard InChI is InChI=1S/C26H29N5O3/c1-18(24(32)30-14-16-31(17-15-30)26-27-12-7-13-28-26)34-25(33)23-19-8-3-2-4-10-21(19)29-22-11-6-5-9-20(22)23/h5-7,9,11-13,18H,2-4,8,10,14-17H2,1H3. The number of carbonyl (C=O) groups is 2. The fraction of sp³-hybridized carbons (Fsp3) is 0.423. The van der Waals surface area contributed by atoms with E-state index in [9.17, 15) is 9.59 Å². The van der Waals surface area contributed by atoms with Gasteiger partial charge in [-0.05, 0) is 50.3 Å². The number of rotatable bonds is 4. The summed E-state index contributed by atoms with van der Waals surface area (Å²) in [5, 5.41) is 0.796. The number of ether oxygens (including phenoxy) is 1. The number of pyridine rings is 1. The summed E-state index contributed by atoms with van der Waals surface area (Å²) in [5.41, 5.74) is 3.35. The zero-order chi connectivity index (χ0) is 23.5. The van der Waals surface area contributed by atoms with Gasteiger partial charge in [-0.1, -0.05) is 24.6 Å². The molecule has 1 saturated heterocycles. The largest absolute Gasteiger partial charge is 0.449 e. The van der Waals surface area contributed by atoms with E-state index in [0.717, 1.165) is 54.3 Å². The minimum absolute atomic E-state index is 0.175. The van der Waals surface area contributed by atoms with E-state index in [0.29, 0.717) is 37.7 Å². The van der Waals surface area contributed by atoms with Crippen LogP contribution in [0, 0.1) is 0 Å². The van der Waals surface area contributed by atoms with Gasteiger partial charge in [0.05, 0.1) is 11.1 Å². The summed E-state index contributed by atoms with van der Waals surface area (Å²) in [6.07, 6.45) is 7.46. The summed E-state index contributed by atoms with van der Waals surface area (Å²) < 4.78 is 5.78. The van der Waals surface area contributed by atoms with Gasteiger partial charge in [-0.2, -0.15) is 0 Å². The number of fused-ring (bicyclic) bond motifs is 2. The van der Waals surface area contributed by atoms with Gasteiger partial charge in [-0.15, -0.1) is 0 Å². The summed E-state index contributed by atoms with van der Waals surface area (Å²) in [4.78, 5) is 43.7. The molecule has 34 heavy (non-hydrogen) atoms. The highest BCUT2D eigenvalue weighted by atomic mass is 16.5. The molecule has 1 aromatic carbocycles. The van der Waals surface area contributed by atoms with Crippen LogP contribution in [0.15, 0.2) is 42.7 Å². The molecule has 1 atom stereocenters. The Kier molecular flexibility index (Phi) is 6.38. The van der Waals surface area contributed by atoms with E-state index in [1.54, 1.807) is 30.3 Å². The highest BCUT2D eigenvalue weighted by Gasteiger charge is 2.30. The van der Waals surface area contributed by atoms with E-state index in [4.69, 9.17) is 9.72 Å². The molecule has 176 valence electrons. The molecular weight excluding hydrogens is 430 g/mol. The van der Waals surface area contributed by atoms with Crippen LogP contribution >= 0.6 is 0 Å². The molecule has 1 unspecified atom stereocenters. The molecule has 1 fully saturated rings. The lowest BCUT2D eigenvalue weighted by Crippen LogP contribution is -2.52. The third-order valence-electron chi connectivity index (χ3n) is 6.68. The van der Waals surface area contributed by atoms with E-state index in [-0.39, 0.29) is 5.91 Å². The molecule has 1 aliphatic carbocycles. The first-order chi connectivity index (χ1) is 16.6. The lowest BCUT2D eigenvalue weighted by molar-refractivity contribution is -0.140. The Labute approximate surface area is 199 Å². The van der Waals surface area contributed by atoms with Gasteiger partial charge in [0.2, 0.25) is 5.95 Å². The van der Waals surface area contributed by atoms with Gasteiger partial charge < -0.3 is 14.5 Å². The number of para-hydroxylation sites is 1. The predicted octanol–water partition coefficient (Wildman–Crippen LogP) is 3.19. The lowest BCUT2D eigenvalue weighted by Gasteiger charge is -2.35. The second-order valence-electron chi connectivity index (χ2n) is 8.90. The minimum atomic E-state index is -0.861. The molecule has 3 aromatic rings. The highest BCUT2D eigenvalue weighted by Crippen LogP contribution is 2.29. The Balaban J connectivity index is 1.31. The van der Waals surface area contributed by atoms with Crippen molar-refractivity contribution in [3.05, 3.63) is 59.5 Å². The molecule has 2 aliphatic rings. The molecule has 3 heterocycles. The number of hydrogen-bond acceptors (Lipinski definition) is 7. The smallest absolute Gasteiger partial charge is 0.339 e. The molecule has 8 nitrogen and oxygen atoms in total. The number of hydrogen-bond donors (Lipinski definition) is 0. The van der Waals surface area contributed by atoms with Gasteiger partial charge in [0.15, 0.2) is 6.10 Å². The van der Waals surface area contributed by atoms with E-state index >= 15 is 0 Å². The number of aromatic nitrogens is 3. The predicted molar refractivity (Wildman–Crippen MR) is 129 cm³/mol. The molecule has 1 aliphatic heterocycles. The van der Waals surface area contributed by atoms with Gasteiger partial charge in [0.1, 0.15) is 0 Å². The third kappa shape index (κ3) is 4.44. The highest BCUT2D eigenvalue weighted by molar-refractivity contribution is 6.05. The van der Waals surface area contributed by atoms with Crippen LogP contribution in [0.5, 0.6) is 0 Å². The van der Waals surface area contributed by atoms with E-state index in [2.05, 4.69) is 14.9 Å². The maximum Gasteiger partial charge on any atom is 0.339 e. The van der Waals surface area contributed by atoms with Crippen LogP contribution < -0.4 is 4.90 Å². The summed E-state index contributed by atoms with van der Waals surface area (Å²) in [7, 11) is 0. The molecule has 8 heteroatoms. The van der Waals surface area contributed by atoms with Crippen molar-refractivity contribution >= 4 is 28.7 Å². The van der Waals surface area contributed by atoms with Gasteiger partial charge in [0.25, 0.3) is 5.91 Å². The molecule has 1 amide bonds. The number of amides is 1. The fourth-order valence-corrected chi connectivity index (χ4v) is 4.89. The molecule has 0 spiro atoms. The van der Waals surface area contributed by atoms with Crippen molar-refractivity contribution in [3.8, 4) is 0 Å². The van der Waals surface area contributed by atoms with E-state index in [1.807, 2.05) is 24.3 Å². The van der Waals surface area contributed by atoms with Crippen LogP contribution in [-0.2, 0) is 22.4 Å². The first-order valence-electron chi connectivity index (χ1n) is 12.0. The molecule has 0 N–H and O–H groups in total. The molecule has 5 rings (SSSR count). The second kappa shape index (κ2) is 9.75. The van der Waals surface area contributed by atoms with Crippen LogP contribution in [0.3, 0.4) is 0 Å². The normalized spacial score (nSPS) is 17.1. The van der Waals surface area contributed by atoms with Crippen LogP contribution in [0.4, 0.5) is 5.95 Å². The Bertz CT molecular complexity index is 1190. The van der Waals surface area contributed by atoms with Crippen molar-refractivity contribution < 1.29 is 14.3 Å². The van der Waals surface area contributed by atoms with Crippen molar-refractivity contribution in [1.82, 2.24) is 19.9 Å². The summed E-state index contributed by atoms with van der Waals surface area (Å²) in [6.45, 7) is 4.01. The van der Waals surface area contributed by atoms with Crippen molar-refractivity contribution in [3.63, 3.8) is 0 Å². The zero-order valence-corrected chi connectivity index (χ0v) is 19.4. The lowest BCUT2D eigenvalue weighted by atomic mass is 9.97. The number of aryl methyl sites for hydroxylation is 1. The number of anilines is 1. The fourth-order valence-electron chi connectivity index (χ4n) is 4.89. The van der Waals surface area contributed by atoms with Crippen molar-refractivity contribution in [2.75, 3.05) is 31.1 Å². The van der Waals surface area contributed by atoms with Crippen LogP contribution in [-0.4, -0.2) is 64.0 Å². The minimum Gasteiger partial charge on any atom is -0.449 e. The summed E-state index contributed by atoms with van der Waals surface area (Å²) in [5.74, 6) is 0.0553. The maximum atomic E-state index is 13.4. The first-order valence-corrected chi connectivity index (χ1v) is 12.0. The Morgan fingerprint density at radius 3 is 2.47 bits per heavy atom. The van der Waals surface area contributed by atoms with Gasteiger partial charge in [-0.3, -0.25) is 9.78 Å². The average Bonchev–Trinajstić information content (AvgIpc) is 3.12. The molecule has 0 bridgehead atoms. The summed E-state index contributed by atoms with van der Waals surface area (Å²) >= 11 is 0. The third-order valence-corrected chi connectivity index (χ3v) is 6.68. The van der Waals surface area contributed by atoms with Gasteiger partial charge >= 0.3 is 5.97 Å². The van der Waals surface area contributed by atoms with Crippen molar-refractivity contribution in [2.24, 2.45) is 0 Å². The number of benzene rings is 1. The number of esters is 1. The second-order valence-corrected chi connectivity index (χ2v) is 8.90. The van der Waals surface area contributed by atoms with Gasteiger partial charge in [0, 0.05) is 49.7 Å². The summed E-state index contributed by atoms with van der Waals surface area (Å²) in [6, 6.07) is 9.47. The number of carbonyl (C=O) groups excluding carboxylic acids is 2.